The second-order valence-electron chi connectivity index (χ2n) is 7.88. The molecule has 2 heterocycles. The molecule has 0 amide bonds. The summed E-state index contributed by atoms with van der Waals surface area (Å²) in [7, 11) is 1.63. The molecular formula is C23H30N6O5S2. The van der Waals surface area contributed by atoms with E-state index < -0.39 is 17.0 Å². The van der Waals surface area contributed by atoms with Gasteiger partial charge in [-0.3, -0.25) is 5.32 Å². The summed E-state index contributed by atoms with van der Waals surface area (Å²) in [5.41, 5.74) is 2.33. The predicted molar refractivity (Wildman–Crippen MR) is 141 cm³/mol. The molecular weight excluding hydrogens is 504 g/mol. The molecule has 0 aliphatic carbocycles. The molecule has 3 rings (SSSR count). The number of rotatable bonds is 13. The number of esters is 1. The first-order valence-corrected chi connectivity index (χ1v) is 13.3. The van der Waals surface area contributed by atoms with Crippen LogP contribution in [0.15, 0.2) is 30.3 Å². The molecule has 2 unspecified atom stereocenters. The molecule has 13 heteroatoms. The molecule has 194 valence electrons. The normalized spacial score (nSPS) is 12.6. The largest absolute Gasteiger partial charge is 0.462 e. The Hall–Kier alpha value is -3.13. The monoisotopic (exact) mass is 534 g/mol. The Kier molecular flexibility index (Phi) is 10.1. The van der Waals surface area contributed by atoms with Crippen LogP contribution in [0.5, 0.6) is 0 Å². The fourth-order valence-corrected chi connectivity index (χ4v) is 4.56. The van der Waals surface area contributed by atoms with E-state index in [1.54, 1.807) is 27.0 Å². The van der Waals surface area contributed by atoms with E-state index in [1.165, 1.54) is 11.3 Å². The Morgan fingerprint density at radius 3 is 2.53 bits per heavy atom. The highest BCUT2D eigenvalue weighted by atomic mass is 32.2. The fraction of sp³-hybridized carbons (Fsp3) is 0.391. The summed E-state index contributed by atoms with van der Waals surface area (Å²) >= 11 is -0.700. The smallest absolute Gasteiger partial charge is 0.350 e. The number of anilines is 4. The molecule has 2 atom stereocenters. The maximum Gasteiger partial charge on any atom is 0.350 e. The van der Waals surface area contributed by atoms with Crippen molar-refractivity contribution in [1.29, 1.82) is 0 Å². The van der Waals surface area contributed by atoms with Gasteiger partial charge >= 0.3 is 5.97 Å². The van der Waals surface area contributed by atoms with Crippen LogP contribution in [0.1, 0.15) is 40.3 Å². The molecule has 0 radical (unpaired) electrons. The number of carbonyl (C=O) groups is 1. The highest BCUT2D eigenvalue weighted by molar-refractivity contribution is 7.78. The lowest BCUT2D eigenvalue weighted by Crippen LogP contribution is -2.22. The van der Waals surface area contributed by atoms with Gasteiger partial charge < -0.3 is 24.7 Å². The number of nitrogens with zero attached hydrogens (tertiary/aromatic N) is 3. The molecule has 0 bridgehead atoms. The molecule has 0 saturated carbocycles. The predicted octanol–water partition coefficient (Wildman–Crippen LogP) is 3.94. The topological polar surface area (TPSA) is 148 Å². The lowest BCUT2D eigenvalue weighted by molar-refractivity contribution is 0.0531. The standard InChI is InChI=1S/C23H30N6O5S2/c1-5-34-21(30)20-15(3)26-23(35-20)29-22-27-18(10-19(28-22)25-14(2)12-33-4)24-11-16-6-8-17(9-7-16)13-36(31)32/h6-10,14H,5,11-13H2,1-4H3,(H,31,32)(H3,24,25,26,27,28,29). The number of benzene rings is 1. The Balaban J connectivity index is 1.78. The minimum Gasteiger partial charge on any atom is -0.462 e. The van der Waals surface area contributed by atoms with Gasteiger partial charge in [-0.25, -0.2) is 14.0 Å². The first-order valence-electron chi connectivity index (χ1n) is 11.2. The summed E-state index contributed by atoms with van der Waals surface area (Å²) in [6.07, 6.45) is 0. The van der Waals surface area contributed by atoms with Crippen molar-refractivity contribution in [2.24, 2.45) is 0 Å². The third-order valence-corrected chi connectivity index (χ3v) is 6.43. The summed E-state index contributed by atoms with van der Waals surface area (Å²) < 4.78 is 30.3. The average Bonchev–Trinajstić information content (AvgIpc) is 3.18. The number of carbonyl (C=O) groups excluding carboxylic acids is 1. The summed E-state index contributed by atoms with van der Waals surface area (Å²) in [6, 6.07) is 9.23. The van der Waals surface area contributed by atoms with Gasteiger partial charge in [0.2, 0.25) is 5.95 Å². The van der Waals surface area contributed by atoms with Crippen LogP contribution >= 0.6 is 11.3 Å². The van der Waals surface area contributed by atoms with Crippen LogP contribution in [0.4, 0.5) is 22.7 Å². The molecule has 3 aromatic rings. The maximum atomic E-state index is 12.1. The van der Waals surface area contributed by atoms with Crippen LogP contribution in [-0.4, -0.2) is 56.0 Å². The Morgan fingerprint density at radius 2 is 1.86 bits per heavy atom. The molecule has 36 heavy (non-hydrogen) atoms. The highest BCUT2D eigenvalue weighted by Crippen LogP contribution is 2.26. The lowest BCUT2D eigenvalue weighted by atomic mass is 10.1. The van der Waals surface area contributed by atoms with Gasteiger partial charge in [-0.2, -0.15) is 9.97 Å². The number of methoxy groups -OCH3 is 1. The number of nitrogens with one attached hydrogen (secondary N) is 3. The number of hydrogen-bond acceptors (Lipinski definition) is 11. The quantitative estimate of drug-likeness (QED) is 0.187. The van der Waals surface area contributed by atoms with E-state index in [1.807, 2.05) is 31.2 Å². The Bertz CT molecular complexity index is 1190. The number of aryl methyl sites for hydroxylation is 1. The third-order valence-electron chi connectivity index (χ3n) is 4.80. The molecule has 0 saturated heterocycles. The molecule has 0 spiro atoms. The summed E-state index contributed by atoms with van der Waals surface area (Å²) in [6.45, 7) is 6.74. The van der Waals surface area contributed by atoms with E-state index in [-0.39, 0.29) is 18.4 Å². The van der Waals surface area contributed by atoms with E-state index in [0.29, 0.717) is 46.4 Å². The van der Waals surface area contributed by atoms with E-state index in [9.17, 15) is 9.00 Å². The minimum atomic E-state index is -1.88. The van der Waals surface area contributed by atoms with Crippen molar-refractivity contribution in [1.82, 2.24) is 15.0 Å². The van der Waals surface area contributed by atoms with Crippen molar-refractivity contribution in [3.8, 4) is 0 Å². The van der Waals surface area contributed by atoms with Crippen LogP contribution in [0.25, 0.3) is 0 Å². The van der Waals surface area contributed by atoms with Crippen molar-refractivity contribution < 1.29 is 23.0 Å². The molecule has 1 aromatic carbocycles. The third kappa shape index (κ3) is 8.22. The van der Waals surface area contributed by atoms with Crippen molar-refractivity contribution in [3.63, 3.8) is 0 Å². The van der Waals surface area contributed by atoms with Crippen molar-refractivity contribution in [3.05, 3.63) is 52.0 Å². The summed E-state index contributed by atoms with van der Waals surface area (Å²) in [4.78, 5) is 26.1. The zero-order valence-electron chi connectivity index (χ0n) is 20.5. The summed E-state index contributed by atoms with van der Waals surface area (Å²) in [5.74, 6) is 1.14. The van der Waals surface area contributed by atoms with Crippen LogP contribution < -0.4 is 16.0 Å². The molecule has 4 N–H and O–H groups in total. The summed E-state index contributed by atoms with van der Waals surface area (Å²) in [5, 5.41) is 10.1. The van der Waals surface area contributed by atoms with Gasteiger partial charge in [0.25, 0.3) is 0 Å². The number of thiazole rings is 1. The number of hydrogen-bond donors (Lipinski definition) is 4. The first kappa shape index (κ1) is 27.5. The van der Waals surface area contributed by atoms with E-state index in [4.69, 9.17) is 14.0 Å². The fourth-order valence-electron chi connectivity index (χ4n) is 3.23. The zero-order chi connectivity index (χ0) is 26.1. The van der Waals surface area contributed by atoms with Crippen molar-refractivity contribution in [2.75, 3.05) is 36.3 Å². The molecule has 0 aliphatic rings. The number of aromatic nitrogens is 3. The second kappa shape index (κ2) is 13.3. The van der Waals surface area contributed by atoms with Gasteiger partial charge in [0.15, 0.2) is 16.2 Å². The van der Waals surface area contributed by atoms with E-state index >= 15 is 0 Å². The molecule has 11 nitrogen and oxygen atoms in total. The van der Waals surface area contributed by atoms with E-state index in [2.05, 4.69) is 30.9 Å². The second-order valence-corrected chi connectivity index (χ2v) is 9.81. The van der Waals surface area contributed by atoms with Crippen molar-refractivity contribution in [2.45, 2.75) is 39.1 Å². The SMILES string of the molecule is CCOC(=O)c1sc(Nc2nc(NCc3ccc(CS(=O)O)cc3)cc(NC(C)COC)n2)nc1C. The number of ether oxygens (including phenoxy) is 2. The maximum absolute atomic E-state index is 12.1. The Labute approximate surface area is 216 Å². The van der Waals surface area contributed by atoms with Crippen LogP contribution in [0, 0.1) is 6.92 Å². The molecule has 2 aromatic heterocycles. The van der Waals surface area contributed by atoms with Gasteiger partial charge in [-0.05, 0) is 31.9 Å². The van der Waals surface area contributed by atoms with Crippen LogP contribution in [0.2, 0.25) is 0 Å². The van der Waals surface area contributed by atoms with E-state index in [0.717, 1.165) is 11.1 Å². The van der Waals surface area contributed by atoms with Crippen LogP contribution in [0.3, 0.4) is 0 Å². The van der Waals surface area contributed by atoms with Crippen LogP contribution in [-0.2, 0) is 32.9 Å². The van der Waals surface area contributed by atoms with Gasteiger partial charge in [-0.15, -0.1) is 0 Å². The van der Waals surface area contributed by atoms with Gasteiger partial charge in [-0.1, -0.05) is 35.6 Å². The van der Waals surface area contributed by atoms with Gasteiger partial charge in [0, 0.05) is 25.8 Å². The molecule has 0 aliphatic heterocycles. The highest BCUT2D eigenvalue weighted by Gasteiger charge is 2.17. The molecule has 0 fully saturated rings. The first-order chi connectivity index (χ1) is 17.3. The average molecular weight is 535 g/mol. The minimum absolute atomic E-state index is 0.00717. The lowest BCUT2D eigenvalue weighted by Gasteiger charge is -2.16. The van der Waals surface area contributed by atoms with Gasteiger partial charge in [0.05, 0.1) is 24.7 Å². The van der Waals surface area contributed by atoms with Crippen molar-refractivity contribution >= 4 is 51.1 Å². The van der Waals surface area contributed by atoms with Gasteiger partial charge in [0.1, 0.15) is 16.5 Å². The zero-order valence-corrected chi connectivity index (χ0v) is 22.2. The Morgan fingerprint density at radius 1 is 1.17 bits per heavy atom.